The van der Waals surface area contributed by atoms with Crippen LogP contribution in [0.5, 0.6) is 0 Å². The van der Waals surface area contributed by atoms with Crippen LogP contribution in [0, 0.1) is 11.8 Å². The van der Waals surface area contributed by atoms with Crippen LogP contribution in [0.1, 0.15) is 16.9 Å². The molecule has 0 saturated carbocycles. The van der Waals surface area contributed by atoms with Gasteiger partial charge in [-0.25, -0.2) is 0 Å². The first-order valence-electron chi connectivity index (χ1n) is 6.36. The molecule has 1 N–H and O–H groups in total. The van der Waals surface area contributed by atoms with Crippen LogP contribution in [0.2, 0.25) is 0 Å². The van der Waals surface area contributed by atoms with E-state index in [0.29, 0.717) is 6.42 Å². The Morgan fingerprint density at radius 1 is 1.33 bits per heavy atom. The minimum Gasteiger partial charge on any atom is -0.395 e. The normalized spacial score (nSPS) is 17.4. The van der Waals surface area contributed by atoms with Gasteiger partial charge in [0.05, 0.1) is 6.61 Å². The molecule has 1 aromatic heterocycles. The van der Waals surface area contributed by atoms with Gasteiger partial charge in [-0.05, 0) is 13.1 Å². The summed E-state index contributed by atoms with van der Waals surface area (Å²) in [5, 5.41) is 10.8. The molecule has 0 aromatic carbocycles. The van der Waals surface area contributed by atoms with E-state index < -0.39 is 0 Å². The topological polar surface area (TPSA) is 26.7 Å². The Hall–Kier alpha value is -0.860. The summed E-state index contributed by atoms with van der Waals surface area (Å²) in [5.41, 5.74) is 1.08. The van der Waals surface area contributed by atoms with Crippen molar-refractivity contribution in [3.63, 3.8) is 0 Å². The van der Waals surface area contributed by atoms with Crippen molar-refractivity contribution in [3.8, 4) is 11.8 Å². The Morgan fingerprint density at radius 2 is 2.11 bits per heavy atom. The number of hydrogen-bond donors (Lipinski definition) is 1. The summed E-state index contributed by atoms with van der Waals surface area (Å²) in [6.07, 6.45) is 0.559. The molecule has 98 valence electrons. The molecule has 3 nitrogen and oxygen atoms in total. The third-order valence-electron chi connectivity index (χ3n) is 3.10. The van der Waals surface area contributed by atoms with Gasteiger partial charge in [-0.2, -0.15) is 0 Å². The summed E-state index contributed by atoms with van der Waals surface area (Å²) < 4.78 is 0. The third kappa shape index (κ3) is 4.11. The second-order valence-electron chi connectivity index (χ2n) is 4.66. The van der Waals surface area contributed by atoms with Crippen LogP contribution < -0.4 is 0 Å². The number of thiophene rings is 1. The highest BCUT2D eigenvalue weighted by molar-refractivity contribution is 7.10. The van der Waals surface area contributed by atoms with Crippen molar-refractivity contribution >= 4 is 11.3 Å². The van der Waals surface area contributed by atoms with Crippen LogP contribution in [0.3, 0.4) is 0 Å². The Kier molecular flexibility index (Phi) is 5.21. The molecular weight excluding hydrogens is 244 g/mol. The lowest BCUT2D eigenvalue weighted by atomic mass is 10.2. The van der Waals surface area contributed by atoms with E-state index in [-0.39, 0.29) is 6.61 Å². The van der Waals surface area contributed by atoms with E-state index in [1.807, 2.05) is 0 Å². The highest BCUT2D eigenvalue weighted by Crippen LogP contribution is 2.17. The van der Waals surface area contributed by atoms with E-state index in [2.05, 4.69) is 40.1 Å². The summed E-state index contributed by atoms with van der Waals surface area (Å²) in [4.78, 5) is 6.25. The molecule has 0 atom stereocenters. The smallest absolute Gasteiger partial charge is 0.0540 e. The van der Waals surface area contributed by atoms with Crippen molar-refractivity contribution in [2.45, 2.75) is 13.0 Å². The highest BCUT2D eigenvalue weighted by Gasteiger charge is 2.14. The standard InChI is InChI=1S/C14H20N2OS/c1-15-5-7-16(8-6-15)11-14-10-13(12-18-14)4-2-3-9-17/h10,12,17H,3,5-9,11H2,1H3. The Morgan fingerprint density at radius 3 is 2.83 bits per heavy atom. The number of aliphatic hydroxyl groups excluding tert-OH is 1. The van der Waals surface area contributed by atoms with Crippen molar-refractivity contribution in [2.75, 3.05) is 39.8 Å². The van der Waals surface area contributed by atoms with E-state index >= 15 is 0 Å². The summed E-state index contributed by atoms with van der Waals surface area (Å²) in [7, 11) is 2.18. The Bertz CT molecular complexity index is 424. The van der Waals surface area contributed by atoms with Crippen LogP contribution in [0.25, 0.3) is 0 Å². The molecule has 1 aromatic rings. The van der Waals surface area contributed by atoms with Gasteiger partial charge in [0.15, 0.2) is 0 Å². The lowest BCUT2D eigenvalue weighted by Crippen LogP contribution is -2.43. The van der Waals surface area contributed by atoms with Gasteiger partial charge in [0, 0.05) is 55.0 Å². The number of nitrogens with zero attached hydrogens (tertiary/aromatic N) is 2. The Labute approximate surface area is 113 Å². The molecule has 2 rings (SSSR count). The lowest BCUT2D eigenvalue weighted by Gasteiger charge is -2.31. The summed E-state index contributed by atoms with van der Waals surface area (Å²) >= 11 is 1.78. The maximum Gasteiger partial charge on any atom is 0.0540 e. The zero-order valence-electron chi connectivity index (χ0n) is 10.9. The molecule has 1 aliphatic rings. The van der Waals surface area contributed by atoms with Crippen molar-refractivity contribution in [3.05, 3.63) is 21.9 Å². The van der Waals surface area contributed by atoms with Crippen LogP contribution >= 0.6 is 11.3 Å². The SMILES string of the molecule is CN1CCN(Cc2cc(C#CCCO)cs2)CC1. The molecule has 0 unspecified atom stereocenters. The molecule has 0 aliphatic carbocycles. The molecule has 0 spiro atoms. The molecule has 4 heteroatoms. The van der Waals surface area contributed by atoms with Gasteiger partial charge in [-0.3, -0.25) is 4.90 Å². The maximum absolute atomic E-state index is 8.68. The van der Waals surface area contributed by atoms with Gasteiger partial charge in [-0.15, -0.1) is 11.3 Å². The zero-order valence-corrected chi connectivity index (χ0v) is 11.7. The minimum absolute atomic E-state index is 0.144. The van der Waals surface area contributed by atoms with Crippen LogP contribution in [0.4, 0.5) is 0 Å². The number of hydrogen-bond acceptors (Lipinski definition) is 4. The number of rotatable bonds is 3. The summed E-state index contributed by atoms with van der Waals surface area (Å²) in [5.74, 6) is 6.04. The van der Waals surface area contributed by atoms with Crippen molar-refractivity contribution in [1.29, 1.82) is 0 Å². The van der Waals surface area contributed by atoms with Gasteiger partial charge in [0.25, 0.3) is 0 Å². The van der Waals surface area contributed by atoms with Gasteiger partial charge in [0.2, 0.25) is 0 Å². The molecule has 0 bridgehead atoms. The maximum atomic E-state index is 8.68. The van der Waals surface area contributed by atoms with Crippen LogP contribution in [-0.4, -0.2) is 54.7 Å². The predicted molar refractivity (Wildman–Crippen MR) is 75.7 cm³/mol. The summed E-state index contributed by atoms with van der Waals surface area (Å²) in [6.45, 7) is 5.81. The van der Waals surface area contributed by atoms with Gasteiger partial charge < -0.3 is 10.0 Å². The summed E-state index contributed by atoms with van der Waals surface area (Å²) in [6, 6.07) is 2.17. The third-order valence-corrected chi connectivity index (χ3v) is 4.02. The second kappa shape index (κ2) is 6.91. The molecule has 1 saturated heterocycles. The fourth-order valence-electron chi connectivity index (χ4n) is 1.98. The average molecular weight is 264 g/mol. The largest absolute Gasteiger partial charge is 0.395 e. The van der Waals surface area contributed by atoms with Crippen molar-refractivity contribution in [1.82, 2.24) is 9.80 Å². The van der Waals surface area contributed by atoms with Crippen LogP contribution in [0.15, 0.2) is 11.4 Å². The average Bonchev–Trinajstić information content (AvgIpc) is 2.80. The molecule has 1 aliphatic heterocycles. The first kappa shape index (κ1) is 13.6. The van der Waals surface area contributed by atoms with Crippen molar-refractivity contribution in [2.24, 2.45) is 0 Å². The molecule has 18 heavy (non-hydrogen) atoms. The highest BCUT2D eigenvalue weighted by atomic mass is 32.1. The van der Waals surface area contributed by atoms with E-state index in [9.17, 15) is 0 Å². The number of likely N-dealkylation sites (N-methyl/N-ethyl adjacent to an activating group) is 1. The molecule has 0 amide bonds. The molecule has 2 heterocycles. The Balaban J connectivity index is 1.85. The van der Waals surface area contributed by atoms with Gasteiger partial charge >= 0.3 is 0 Å². The minimum atomic E-state index is 0.144. The first-order valence-corrected chi connectivity index (χ1v) is 7.24. The predicted octanol–water partition coefficient (Wildman–Crippen LogP) is 1.23. The molecule has 0 radical (unpaired) electrons. The molecule has 1 fully saturated rings. The first-order chi connectivity index (χ1) is 8.78. The number of aliphatic hydroxyl groups is 1. The monoisotopic (exact) mass is 264 g/mol. The van der Waals surface area contributed by atoms with Crippen molar-refractivity contribution < 1.29 is 5.11 Å². The number of piperazine rings is 1. The quantitative estimate of drug-likeness (QED) is 0.832. The lowest BCUT2D eigenvalue weighted by molar-refractivity contribution is 0.149. The fraction of sp³-hybridized carbons (Fsp3) is 0.571. The second-order valence-corrected chi connectivity index (χ2v) is 5.65. The van der Waals surface area contributed by atoms with Gasteiger partial charge in [0.1, 0.15) is 0 Å². The fourth-order valence-corrected chi connectivity index (χ4v) is 2.83. The van der Waals surface area contributed by atoms with E-state index in [0.717, 1.165) is 38.3 Å². The van der Waals surface area contributed by atoms with Gasteiger partial charge in [-0.1, -0.05) is 11.8 Å². The van der Waals surface area contributed by atoms with Crippen LogP contribution in [-0.2, 0) is 6.54 Å². The van der Waals surface area contributed by atoms with E-state index in [1.54, 1.807) is 11.3 Å². The van der Waals surface area contributed by atoms with E-state index in [4.69, 9.17) is 5.11 Å². The van der Waals surface area contributed by atoms with E-state index in [1.165, 1.54) is 4.88 Å². The molecular formula is C14H20N2OS. The zero-order chi connectivity index (χ0) is 12.8.